The summed E-state index contributed by atoms with van der Waals surface area (Å²) in [5, 5.41) is 8.51. The van der Waals surface area contributed by atoms with E-state index in [2.05, 4.69) is 22.2 Å². The molecule has 3 atom stereocenters. The minimum absolute atomic E-state index is 0.00380. The van der Waals surface area contributed by atoms with Gasteiger partial charge in [-0.25, -0.2) is 14.4 Å². The number of nitrogens with one attached hydrogen (secondary N) is 2. The number of hydrogen-bond acceptors (Lipinski definition) is 8. The van der Waals surface area contributed by atoms with E-state index in [-0.39, 0.29) is 29.6 Å². The highest BCUT2D eigenvalue weighted by atomic mass is 19.1. The Kier molecular flexibility index (Phi) is 7.62. The molecule has 0 aliphatic carbocycles. The van der Waals surface area contributed by atoms with Crippen molar-refractivity contribution in [2.75, 3.05) is 44.1 Å². The third kappa shape index (κ3) is 5.57. The van der Waals surface area contributed by atoms with Crippen molar-refractivity contribution in [2.24, 2.45) is 5.92 Å². The lowest BCUT2D eigenvalue weighted by Crippen LogP contribution is -2.29. The van der Waals surface area contributed by atoms with Gasteiger partial charge < -0.3 is 24.8 Å². The van der Waals surface area contributed by atoms with Crippen molar-refractivity contribution in [2.45, 2.75) is 31.4 Å². The standard InChI is InChI=1S/C28H31FN4O4/c1-3-19(34)10-18-15-36-16-24(18)32-26-12-22-17(13-30-26)11-23(21-7-4-8-25(35-2)27(21)29)33-28(22)31-14-20-6-5-9-37-20/h3-4,7-8,11-13,18,20,24H,1,5-6,9-10,14-16H2,2H3,(H,30,32)(H,31,33)/t18-,20?,24+/m0/s1. The predicted octanol–water partition coefficient (Wildman–Crippen LogP) is 4.61. The molecule has 2 aromatic heterocycles. The Morgan fingerprint density at radius 2 is 2.22 bits per heavy atom. The Morgan fingerprint density at radius 1 is 1.32 bits per heavy atom. The third-order valence-corrected chi connectivity index (χ3v) is 6.92. The van der Waals surface area contributed by atoms with E-state index in [0.717, 1.165) is 30.2 Å². The molecule has 5 rings (SSSR count). The monoisotopic (exact) mass is 506 g/mol. The number of ketones is 1. The Bertz CT molecular complexity index is 1290. The Morgan fingerprint density at radius 3 is 3.00 bits per heavy atom. The molecule has 37 heavy (non-hydrogen) atoms. The molecule has 0 amide bonds. The molecule has 9 heteroatoms. The summed E-state index contributed by atoms with van der Waals surface area (Å²) in [6.07, 6.45) is 5.59. The summed E-state index contributed by atoms with van der Waals surface area (Å²) in [5.41, 5.74) is 0.829. The number of allylic oxidation sites excluding steroid dienone is 1. The van der Waals surface area contributed by atoms with Crippen LogP contribution in [0.25, 0.3) is 22.0 Å². The topological polar surface area (TPSA) is 94.6 Å². The third-order valence-electron chi connectivity index (χ3n) is 6.92. The van der Waals surface area contributed by atoms with Crippen LogP contribution in [0.15, 0.2) is 49.2 Å². The van der Waals surface area contributed by atoms with Crippen LogP contribution in [0.1, 0.15) is 19.3 Å². The fourth-order valence-electron chi connectivity index (χ4n) is 4.87. The van der Waals surface area contributed by atoms with E-state index in [4.69, 9.17) is 19.2 Å². The lowest BCUT2D eigenvalue weighted by atomic mass is 9.97. The fraction of sp³-hybridized carbons (Fsp3) is 0.393. The minimum atomic E-state index is -0.463. The number of carbonyl (C=O) groups excluding carboxylic acids is 1. The first-order chi connectivity index (χ1) is 18.1. The molecule has 0 spiro atoms. The second kappa shape index (κ2) is 11.2. The van der Waals surface area contributed by atoms with Crippen LogP contribution in [0, 0.1) is 11.7 Å². The maximum Gasteiger partial charge on any atom is 0.174 e. The van der Waals surface area contributed by atoms with E-state index in [1.807, 2.05) is 12.1 Å². The van der Waals surface area contributed by atoms with Crippen LogP contribution in [0.5, 0.6) is 5.75 Å². The molecule has 194 valence electrons. The minimum Gasteiger partial charge on any atom is -0.494 e. The number of methoxy groups -OCH3 is 1. The van der Waals surface area contributed by atoms with Crippen molar-refractivity contribution in [3.63, 3.8) is 0 Å². The predicted molar refractivity (Wildman–Crippen MR) is 140 cm³/mol. The smallest absolute Gasteiger partial charge is 0.174 e. The number of nitrogens with zero attached hydrogens (tertiary/aromatic N) is 2. The molecule has 2 aliphatic rings. The van der Waals surface area contributed by atoms with Crippen molar-refractivity contribution in [1.82, 2.24) is 9.97 Å². The molecule has 2 N–H and O–H groups in total. The molecule has 4 heterocycles. The second-order valence-electron chi connectivity index (χ2n) is 9.41. The molecule has 0 radical (unpaired) electrons. The zero-order valence-corrected chi connectivity index (χ0v) is 20.8. The molecule has 2 fully saturated rings. The van der Waals surface area contributed by atoms with Gasteiger partial charge in [0, 0.05) is 48.0 Å². The molecule has 0 saturated carbocycles. The second-order valence-corrected chi connectivity index (χ2v) is 9.41. The summed E-state index contributed by atoms with van der Waals surface area (Å²) in [5.74, 6) is 1.01. The Balaban J connectivity index is 1.48. The molecule has 0 bridgehead atoms. The van der Waals surface area contributed by atoms with E-state index in [1.54, 1.807) is 24.4 Å². The number of carbonyl (C=O) groups is 1. The first kappa shape index (κ1) is 25.1. The van der Waals surface area contributed by atoms with Gasteiger partial charge in [0.25, 0.3) is 0 Å². The van der Waals surface area contributed by atoms with Gasteiger partial charge in [-0.15, -0.1) is 0 Å². The average Bonchev–Trinajstić information content (AvgIpc) is 3.59. The highest BCUT2D eigenvalue weighted by Gasteiger charge is 2.30. The number of fused-ring (bicyclic) bond motifs is 1. The van der Waals surface area contributed by atoms with Crippen molar-refractivity contribution in [3.05, 3.63) is 55.0 Å². The fourth-order valence-corrected chi connectivity index (χ4v) is 4.87. The van der Waals surface area contributed by atoms with Crippen LogP contribution in [0.3, 0.4) is 0 Å². The molecule has 1 unspecified atom stereocenters. The van der Waals surface area contributed by atoms with Gasteiger partial charge in [0.05, 0.1) is 38.2 Å². The van der Waals surface area contributed by atoms with Gasteiger partial charge in [0.15, 0.2) is 17.3 Å². The van der Waals surface area contributed by atoms with E-state index >= 15 is 4.39 Å². The van der Waals surface area contributed by atoms with Gasteiger partial charge in [-0.3, -0.25) is 4.79 Å². The lowest BCUT2D eigenvalue weighted by molar-refractivity contribution is -0.115. The number of benzene rings is 1. The molecule has 8 nitrogen and oxygen atoms in total. The summed E-state index contributed by atoms with van der Waals surface area (Å²) in [6.45, 7) is 5.92. The van der Waals surface area contributed by atoms with Crippen LogP contribution in [0.4, 0.5) is 16.0 Å². The van der Waals surface area contributed by atoms with Gasteiger partial charge in [0.2, 0.25) is 0 Å². The summed E-state index contributed by atoms with van der Waals surface area (Å²) >= 11 is 0. The Hall–Kier alpha value is -3.56. The number of anilines is 2. The first-order valence-electron chi connectivity index (χ1n) is 12.5. The van der Waals surface area contributed by atoms with Gasteiger partial charge in [-0.05, 0) is 43.2 Å². The van der Waals surface area contributed by atoms with E-state index in [0.29, 0.717) is 49.1 Å². The summed E-state index contributed by atoms with van der Waals surface area (Å²) < 4.78 is 31.7. The van der Waals surface area contributed by atoms with Crippen molar-refractivity contribution >= 4 is 28.2 Å². The molecule has 3 aromatic rings. The number of pyridine rings is 2. The SMILES string of the molecule is C=CC(=O)C[C@H]1COC[C@H]1Nc1cc2c(NCC3CCCO3)nc(-c3cccc(OC)c3F)cc2cn1. The van der Waals surface area contributed by atoms with Crippen molar-refractivity contribution in [3.8, 4) is 17.0 Å². The van der Waals surface area contributed by atoms with Gasteiger partial charge in [-0.1, -0.05) is 12.6 Å². The number of aromatic nitrogens is 2. The number of ether oxygens (including phenoxy) is 3. The van der Waals surface area contributed by atoms with Crippen LogP contribution >= 0.6 is 0 Å². The summed E-state index contributed by atoms with van der Waals surface area (Å²) in [7, 11) is 1.44. The zero-order chi connectivity index (χ0) is 25.8. The first-order valence-corrected chi connectivity index (χ1v) is 12.5. The van der Waals surface area contributed by atoms with Crippen LogP contribution in [-0.2, 0) is 14.3 Å². The summed E-state index contributed by atoms with van der Waals surface area (Å²) in [4.78, 5) is 21.3. The molecular weight excluding hydrogens is 475 g/mol. The maximum atomic E-state index is 15.1. The normalized spacial score (nSPS) is 21.2. The van der Waals surface area contributed by atoms with E-state index in [9.17, 15) is 4.79 Å². The van der Waals surface area contributed by atoms with Crippen LogP contribution in [-0.4, -0.2) is 61.4 Å². The quantitative estimate of drug-likeness (QED) is 0.385. The van der Waals surface area contributed by atoms with Crippen molar-refractivity contribution in [1.29, 1.82) is 0 Å². The molecule has 2 saturated heterocycles. The van der Waals surface area contributed by atoms with Crippen LogP contribution < -0.4 is 15.4 Å². The maximum absolute atomic E-state index is 15.1. The Labute approximate surface area is 215 Å². The van der Waals surface area contributed by atoms with E-state index < -0.39 is 5.82 Å². The lowest BCUT2D eigenvalue weighted by Gasteiger charge is -2.20. The highest BCUT2D eigenvalue weighted by Crippen LogP contribution is 2.33. The average molecular weight is 507 g/mol. The molecule has 1 aromatic carbocycles. The molecular formula is C28H31FN4O4. The van der Waals surface area contributed by atoms with Gasteiger partial charge >= 0.3 is 0 Å². The highest BCUT2D eigenvalue weighted by molar-refractivity contribution is 5.95. The number of hydrogen-bond donors (Lipinski definition) is 2. The van der Waals surface area contributed by atoms with Gasteiger partial charge in [0.1, 0.15) is 11.6 Å². The number of rotatable bonds is 10. The zero-order valence-electron chi connectivity index (χ0n) is 20.8. The van der Waals surface area contributed by atoms with Gasteiger partial charge in [-0.2, -0.15) is 0 Å². The summed E-state index contributed by atoms with van der Waals surface area (Å²) in [6, 6.07) is 8.71. The number of halogens is 1. The van der Waals surface area contributed by atoms with Crippen molar-refractivity contribution < 1.29 is 23.4 Å². The molecule has 2 aliphatic heterocycles. The van der Waals surface area contributed by atoms with E-state index in [1.165, 1.54) is 13.2 Å². The van der Waals surface area contributed by atoms with Crippen LogP contribution in [0.2, 0.25) is 0 Å². The largest absolute Gasteiger partial charge is 0.494 e.